The zero-order valence-electron chi connectivity index (χ0n) is 10.8. The van der Waals surface area contributed by atoms with Crippen LogP contribution >= 0.6 is 0 Å². The van der Waals surface area contributed by atoms with Crippen molar-refractivity contribution >= 4 is 0 Å². The number of rotatable bonds is 6. The molecule has 1 unspecified atom stereocenters. The van der Waals surface area contributed by atoms with Crippen molar-refractivity contribution in [1.29, 1.82) is 0 Å². The van der Waals surface area contributed by atoms with E-state index in [9.17, 15) is 0 Å². The maximum absolute atomic E-state index is 5.60. The maximum Gasteiger partial charge on any atom is 0.119 e. The van der Waals surface area contributed by atoms with Gasteiger partial charge in [0.1, 0.15) is 5.75 Å². The van der Waals surface area contributed by atoms with Crippen LogP contribution in [-0.4, -0.2) is 12.1 Å². The van der Waals surface area contributed by atoms with Crippen LogP contribution in [0.3, 0.4) is 0 Å². The van der Waals surface area contributed by atoms with E-state index in [1.807, 2.05) is 26.0 Å². The maximum atomic E-state index is 5.60. The van der Waals surface area contributed by atoms with Crippen molar-refractivity contribution in [2.24, 2.45) is 0 Å². The second kappa shape index (κ2) is 6.54. The summed E-state index contributed by atoms with van der Waals surface area (Å²) in [6.07, 6.45) is 1.40. The van der Waals surface area contributed by atoms with Crippen LogP contribution in [0, 0.1) is 0 Å². The van der Waals surface area contributed by atoms with E-state index >= 15 is 0 Å². The van der Waals surface area contributed by atoms with Gasteiger partial charge in [-0.3, -0.25) is 0 Å². The summed E-state index contributed by atoms with van der Waals surface area (Å²) in [5, 5.41) is 3.47. The van der Waals surface area contributed by atoms with Gasteiger partial charge in [0, 0.05) is 12.6 Å². The summed E-state index contributed by atoms with van der Waals surface area (Å²) in [5.41, 5.74) is 1.30. The molecule has 0 amide bonds. The van der Waals surface area contributed by atoms with E-state index in [1.54, 1.807) is 0 Å². The first kappa shape index (κ1) is 13.0. The van der Waals surface area contributed by atoms with Crippen molar-refractivity contribution in [3.63, 3.8) is 0 Å². The van der Waals surface area contributed by atoms with Gasteiger partial charge in [-0.05, 0) is 44.9 Å². The Hall–Kier alpha value is -1.02. The van der Waals surface area contributed by atoms with Gasteiger partial charge >= 0.3 is 0 Å². The van der Waals surface area contributed by atoms with Crippen molar-refractivity contribution < 1.29 is 4.74 Å². The SMILES string of the molecule is CCC(C)NCc1ccc(OC(C)C)cc1. The molecule has 1 rings (SSSR count). The van der Waals surface area contributed by atoms with Crippen LogP contribution in [0.25, 0.3) is 0 Å². The van der Waals surface area contributed by atoms with Gasteiger partial charge in [0.15, 0.2) is 0 Å². The minimum atomic E-state index is 0.240. The Morgan fingerprint density at radius 2 is 1.75 bits per heavy atom. The Balaban J connectivity index is 2.45. The summed E-state index contributed by atoms with van der Waals surface area (Å²) in [4.78, 5) is 0. The molecule has 1 atom stereocenters. The Kier molecular flexibility index (Phi) is 5.33. The highest BCUT2D eigenvalue weighted by Gasteiger charge is 2.00. The lowest BCUT2D eigenvalue weighted by Gasteiger charge is -2.12. The van der Waals surface area contributed by atoms with Gasteiger partial charge < -0.3 is 10.1 Å². The molecule has 1 aromatic carbocycles. The summed E-state index contributed by atoms with van der Waals surface area (Å²) in [6, 6.07) is 8.88. The van der Waals surface area contributed by atoms with Gasteiger partial charge in [0.05, 0.1) is 6.10 Å². The van der Waals surface area contributed by atoms with Gasteiger partial charge in [0.2, 0.25) is 0 Å². The van der Waals surface area contributed by atoms with Crippen LogP contribution in [0.1, 0.15) is 39.7 Å². The molecule has 0 aliphatic carbocycles. The van der Waals surface area contributed by atoms with Crippen molar-refractivity contribution in [2.75, 3.05) is 0 Å². The fraction of sp³-hybridized carbons (Fsp3) is 0.571. The molecule has 16 heavy (non-hydrogen) atoms. The summed E-state index contributed by atoms with van der Waals surface area (Å²) < 4.78 is 5.60. The van der Waals surface area contributed by atoms with Crippen LogP contribution < -0.4 is 10.1 Å². The minimum absolute atomic E-state index is 0.240. The smallest absolute Gasteiger partial charge is 0.119 e. The molecule has 90 valence electrons. The molecular formula is C14H23NO. The van der Waals surface area contributed by atoms with Gasteiger partial charge in [-0.1, -0.05) is 19.1 Å². The van der Waals surface area contributed by atoms with E-state index in [2.05, 4.69) is 31.3 Å². The number of benzene rings is 1. The van der Waals surface area contributed by atoms with Crippen LogP contribution in [0.4, 0.5) is 0 Å². The topological polar surface area (TPSA) is 21.3 Å². The Bertz CT molecular complexity index is 292. The predicted molar refractivity (Wildman–Crippen MR) is 68.8 cm³/mol. The lowest BCUT2D eigenvalue weighted by molar-refractivity contribution is 0.242. The first-order valence-electron chi connectivity index (χ1n) is 6.10. The molecule has 0 saturated heterocycles. The molecule has 0 bridgehead atoms. The van der Waals surface area contributed by atoms with Gasteiger partial charge in [-0.25, -0.2) is 0 Å². The van der Waals surface area contributed by atoms with E-state index in [1.165, 1.54) is 5.56 Å². The second-order valence-corrected chi connectivity index (χ2v) is 4.50. The van der Waals surface area contributed by atoms with Crippen LogP contribution in [0.15, 0.2) is 24.3 Å². The van der Waals surface area contributed by atoms with Crippen molar-refractivity contribution in [2.45, 2.75) is 52.8 Å². The van der Waals surface area contributed by atoms with E-state index < -0.39 is 0 Å². The number of hydrogen-bond acceptors (Lipinski definition) is 2. The second-order valence-electron chi connectivity index (χ2n) is 4.50. The van der Waals surface area contributed by atoms with Gasteiger partial charge in [-0.2, -0.15) is 0 Å². The number of hydrogen-bond donors (Lipinski definition) is 1. The predicted octanol–water partition coefficient (Wildman–Crippen LogP) is 3.36. The van der Waals surface area contributed by atoms with Gasteiger partial charge in [0.25, 0.3) is 0 Å². The molecule has 0 saturated carbocycles. The molecule has 0 aliphatic heterocycles. The highest BCUT2D eigenvalue weighted by atomic mass is 16.5. The van der Waals surface area contributed by atoms with E-state index in [0.717, 1.165) is 18.7 Å². The molecule has 2 heteroatoms. The molecule has 0 radical (unpaired) electrons. The molecule has 0 aliphatic rings. The molecule has 1 N–H and O–H groups in total. The first-order valence-corrected chi connectivity index (χ1v) is 6.10. The molecule has 0 heterocycles. The zero-order chi connectivity index (χ0) is 12.0. The summed E-state index contributed by atoms with van der Waals surface area (Å²) >= 11 is 0. The lowest BCUT2D eigenvalue weighted by Crippen LogP contribution is -2.24. The van der Waals surface area contributed by atoms with Crippen molar-refractivity contribution in [3.05, 3.63) is 29.8 Å². The molecule has 0 spiro atoms. The van der Waals surface area contributed by atoms with E-state index in [-0.39, 0.29) is 6.10 Å². The summed E-state index contributed by atoms with van der Waals surface area (Å²) in [5.74, 6) is 0.947. The summed E-state index contributed by atoms with van der Waals surface area (Å²) in [6.45, 7) is 9.40. The molecule has 1 aromatic rings. The van der Waals surface area contributed by atoms with E-state index in [4.69, 9.17) is 4.74 Å². The van der Waals surface area contributed by atoms with Crippen LogP contribution in [0.2, 0.25) is 0 Å². The standard InChI is InChI=1S/C14H23NO/c1-5-12(4)15-10-13-6-8-14(9-7-13)16-11(2)3/h6-9,11-12,15H,5,10H2,1-4H3. The summed E-state index contributed by atoms with van der Waals surface area (Å²) in [7, 11) is 0. The largest absolute Gasteiger partial charge is 0.491 e. The Labute approximate surface area is 99.0 Å². The first-order chi connectivity index (χ1) is 7.61. The van der Waals surface area contributed by atoms with Crippen molar-refractivity contribution in [1.82, 2.24) is 5.32 Å². The van der Waals surface area contributed by atoms with Crippen LogP contribution in [-0.2, 0) is 6.54 Å². The lowest BCUT2D eigenvalue weighted by atomic mass is 10.2. The average Bonchev–Trinajstić information content (AvgIpc) is 2.27. The number of ether oxygens (including phenoxy) is 1. The van der Waals surface area contributed by atoms with Gasteiger partial charge in [-0.15, -0.1) is 0 Å². The normalized spacial score (nSPS) is 12.8. The highest BCUT2D eigenvalue weighted by Crippen LogP contribution is 2.13. The molecule has 0 fully saturated rings. The zero-order valence-corrected chi connectivity index (χ0v) is 10.8. The fourth-order valence-corrected chi connectivity index (χ4v) is 1.39. The average molecular weight is 221 g/mol. The minimum Gasteiger partial charge on any atom is -0.491 e. The molecule has 0 aromatic heterocycles. The third-order valence-electron chi connectivity index (χ3n) is 2.56. The monoisotopic (exact) mass is 221 g/mol. The highest BCUT2D eigenvalue weighted by molar-refractivity contribution is 5.27. The fourth-order valence-electron chi connectivity index (χ4n) is 1.39. The third kappa shape index (κ3) is 4.67. The number of nitrogens with one attached hydrogen (secondary N) is 1. The van der Waals surface area contributed by atoms with E-state index in [0.29, 0.717) is 6.04 Å². The Morgan fingerprint density at radius 1 is 1.12 bits per heavy atom. The quantitative estimate of drug-likeness (QED) is 0.795. The third-order valence-corrected chi connectivity index (χ3v) is 2.56. The Morgan fingerprint density at radius 3 is 2.25 bits per heavy atom. The van der Waals surface area contributed by atoms with Crippen molar-refractivity contribution in [3.8, 4) is 5.75 Å². The van der Waals surface area contributed by atoms with Crippen LogP contribution in [0.5, 0.6) is 5.75 Å². The molecular weight excluding hydrogens is 198 g/mol. The molecule has 2 nitrogen and oxygen atoms in total.